The molecular formula is C22H44O6Sn. The molecule has 0 fully saturated rings. The number of unbranched alkanes of at least 4 members (excludes halogenated alkanes) is 4. The van der Waals surface area contributed by atoms with Crippen LogP contribution in [0, 0.1) is 11.8 Å². The van der Waals surface area contributed by atoms with E-state index >= 15 is 0 Å². The van der Waals surface area contributed by atoms with Crippen molar-refractivity contribution in [1.29, 1.82) is 0 Å². The summed E-state index contributed by atoms with van der Waals surface area (Å²) in [5.74, 6) is -1.31. The van der Waals surface area contributed by atoms with Crippen molar-refractivity contribution in [2.45, 2.75) is 114 Å². The number of carbonyl (C=O) groups excluding carboxylic acids is 2. The van der Waals surface area contributed by atoms with E-state index < -0.39 is 24.1 Å². The van der Waals surface area contributed by atoms with Crippen LogP contribution in [-0.2, 0) is 9.59 Å². The Morgan fingerprint density at radius 1 is 0.655 bits per heavy atom. The molecular weight excluding hydrogens is 479 g/mol. The van der Waals surface area contributed by atoms with Crippen LogP contribution >= 0.6 is 0 Å². The average molecular weight is 523 g/mol. The van der Waals surface area contributed by atoms with Gasteiger partial charge in [0, 0.05) is 0 Å². The van der Waals surface area contributed by atoms with Crippen LogP contribution in [0.15, 0.2) is 0 Å². The summed E-state index contributed by atoms with van der Waals surface area (Å²) >= 11 is 0.230. The van der Waals surface area contributed by atoms with E-state index in [1.54, 1.807) is 0 Å². The first kappa shape index (κ1) is 33.3. The monoisotopic (exact) mass is 524 g/mol. The van der Waals surface area contributed by atoms with Crippen LogP contribution in [0.25, 0.3) is 0 Å². The summed E-state index contributed by atoms with van der Waals surface area (Å²) in [7, 11) is 0. The number of rotatable bonds is 14. The molecule has 2 N–H and O–H groups in total. The third-order valence-electron chi connectivity index (χ3n) is 4.06. The van der Waals surface area contributed by atoms with Gasteiger partial charge in [-0.25, -0.2) is 0 Å². The van der Waals surface area contributed by atoms with Gasteiger partial charge in [-0.1, -0.05) is 79.1 Å². The van der Waals surface area contributed by atoms with Crippen LogP contribution < -0.4 is 10.2 Å². The summed E-state index contributed by atoms with van der Waals surface area (Å²) in [6.45, 7) is 8.65. The normalized spacial score (nSPS) is 12.2. The van der Waals surface area contributed by atoms with Crippen molar-refractivity contribution in [3.05, 3.63) is 0 Å². The zero-order valence-electron chi connectivity index (χ0n) is 19.4. The number of hydrogen-bond acceptors (Lipinski definition) is 6. The average Bonchev–Trinajstić information content (AvgIpc) is 2.61. The van der Waals surface area contributed by atoms with Crippen molar-refractivity contribution in [2.75, 3.05) is 0 Å². The molecule has 0 rings (SSSR count). The number of hydrogen-bond donors (Lipinski definition) is 2. The first-order chi connectivity index (χ1) is 13.5. The topological polar surface area (TPSA) is 121 Å². The molecule has 6 nitrogen and oxygen atoms in total. The molecule has 0 heterocycles. The van der Waals surface area contributed by atoms with Gasteiger partial charge in [0.25, 0.3) is 0 Å². The molecule has 0 aliphatic rings. The number of aliphatic hydroxyl groups excluding tert-OH is 2. The first-order valence-electron chi connectivity index (χ1n) is 10.9. The second-order valence-electron chi connectivity index (χ2n) is 8.23. The Morgan fingerprint density at radius 3 is 1.10 bits per heavy atom. The Balaban J connectivity index is -0.000000410. The molecule has 0 saturated heterocycles. The van der Waals surface area contributed by atoms with Gasteiger partial charge < -0.3 is 30.0 Å². The SMILES string of the molecule is CC(C)CCCCCC(O)C(=O)[O-].CC(C)CCCCCC(O)C(=O)[O-].[CH3][Sn+2][CH3]. The van der Waals surface area contributed by atoms with Gasteiger partial charge in [0.1, 0.15) is 0 Å². The number of carboxylic acid groups (broad SMARTS) is 2. The zero-order valence-corrected chi connectivity index (χ0v) is 22.3. The number of carbonyl (C=O) groups is 2. The minimum atomic E-state index is -1.36. The van der Waals surface area contributed by atoms with Gasteiger partial charge in [-0.3, -0.25) is 0 Å². The van der Waals surface area contributed by atoms with E-state index in [4.69, 9.17) is 10.2 Å². The second-order valence-corrected chi connectivity index (χ2v) is 11.1. The van der Waals surface area contributed by atoms with E-state index in [0.29, 0.717) is 24.7 Å². The third-order valence-corrected chi connectivity index (χ3v) is 4.06. The summed E-state index contributed by atoms with van der Waals surface area (Å²) < 4.78 is 0. The standard InChI is InChI=1S/2C10H20O3.2CH3.Sn/c2*1-8(2)6-4-3-5-7-9(11)10(12)13;;;/h2*8-9,11H,3-7H2,1-2H3,(H,12,13);2*1H3;/q;;;;+2/p-2. The van der Waals surface area contributed by atoms with Gasteiger partial charge in [-0.15, -0.1) is 0 Å². The van der Waals surface area contributed by atoms with Gasteiger partial charge in [0.15, 0.2) is 0 Å². The van der Waals surface area contributed by atoms with Crippen LogP contribution in [0.1, 0.15) is 91.9 Å². The molecule has 0 aromatic heterocycles. The summed E-state index contributed by atoms with van der Waals surface area (Å²) in [5.41, 5.74) is 0. The van der Waals surface area contributed by atoms with Crippen molar-refractivity contribution in [3.63, 3.8) is 0 Å². The van der Waals surface area contributed by atoms with Gasteiger partial charge >= 0.3 is 31.0 Å². The maximum atomic E-state index is 10.1. The van der Waals surface area contributed by atoms with Gasteiger partial charge in [0.05, 0.1) is 24.1 Å². The third kappa shape index (κ3) is 32.5. The molecule has 0 aliphatic heterocycles. The molecule has 2 unspecified atom stereocenters. The second kappa shape index (κ2) is 23.9. The van der Waals surface area contributed by atoms with Crippen molar-refractivity contribution >= 4 is 33.1 Å². The van der Waals surface area contributed by atoms with Crippen LogP contribution in [-0.4, -0.2) is 55.5 Å². The van der Waals surface area contributed by atoms with Crippen molar-refractivity contribution in [2.24, 2.45) is 11.8 Å². The van der Waals surface area contributed by atoms with Gasteiger partial charge in [-0.05, 0) is 24.7 Å². The fourth-order valence-electron chi connectivity index (χ4n) is 2.37. The Kier molecular flexibility index (Phi) is 27.5. The summed E-state index contributed by atoms with van der Waals surface area (Å²) in [6, 6.07) is 0. The van der Waals surface area contributed by atoms with E-state index in [-0.39, 0.29) is 21.1 Å². The van der Waals surface area contributed by atoms with Crippen LogP contribution in [0.2, 0.25) is 9.88 Å². The fraction of sp³-hybridized carbons (Fsp3) is 0.909. The van der Waals surface area contributed by atoms with E-state index in [2.05, 4.69) is 37.6 Å². The van der Waals surface area contributed by atoms with E-state index in [1.165, 1.54) is 12.8 Å². The number of aliphatic hydroxyl groups is 2. The Bertz CT molecular complexity index is 340. The molecule has 0 bridgehead atoms. The number of carboxylic acids is 2. The molecule has 0 radical (unpaired) electrons. The Hall–Kier alpha value is -0.341. The molecule has 0 amide bonds. The molecule has 0 saturated carbocycles. The molecule has 2 atom stereocenters. The molecule has 0 aliphatic carbocycles. The van der Waals surface area contributed by atoms with Gasteiger partial charge in [0.2, 0.25) is 0 Å². The van der Waals surface area contributed by atoms with Crippen molar-refractivity contribution < 1.29 is 30.0 Å². The first-order valence-corrected chi connectivity index (χ1v) is 16.6. The summed E-state index contributed by atoms with van der Waals surface area (Å²) in [4.78, 5) is 24.8. The van der Waals surface area contributed by atoms with Crippen LogP contribution in [0.4, 0.5) is 0 Å². The molecule has 0 aromatic rings. The Labute approximate surface area is 188 Å². The van der Waals surface area contributed by atoms with Crippen molar-refractivity contribution in [1.82, 2.24) is 0 Å². The van der Waals surface area contributed by atoms with E-state index in [9.17, 15) is 19.8 Å². The fourth-order valence-corrected chi connectivity index (χ4v) is 2.37. The summed E-state index contributed by atoms with van der Waals surface area (Å²) in [5, 5.41) is 38.0. The van der Waals surface area contributed by atoms with E-state index in [1.807, 2.05) is 0 Å². The zero-order chi connectivity index (χ0) is 23.2. The number of aliphatic carboxylic acids is 2. The van der Waals surface area contributed by atoms with Crippen LogP contribution in [0.3, 0.4) is 0 Å². The molecule has 172 valence electrons. The molecule has 0 aromatic carbocycles. The predicted octanol–water partition coefficient (Wildman–Crippen LogP) is 2.19. The quantitative estimate of drug-likeness (QED) is 0.266. The van der Waals surface area contributed by atoms with Crippen molar-refractivity contribution in [3.8, 4) is 0 Å². The molecule has 0 spiro atoms. The Morgan fingerprint density at radius 2 is 0.897 bits per heavy atom. The maximum absolute atomic E-state index is 10.1. The predicted molar refractivity (Wildman–Crippen MR) is 115 cm³/mol. The van der Waals surface area contributed by atoms with E-state index in [0.717, 1.165) is 38.5 Å². The van der Waals surface area contributed by atoms with Crippen LogP contribution in [0.5, 0.6) is 0 Å². The molecule has 7 heteroatoms. The van der Waals surface area contributed by atoms with Gasteiger partial charge in [-0.2, -0.15) is 0 Å². The minimum absolute atomic E-state index is 0.230. The summed E-state index contributed by atoms with van der Waals surface area (Å²) in [6.07, 6.45) is 6.14. The molecule has 29 heavy (non-hydrogen) atoms.